The quantitative estimate of drug-likeness (QED) is 0.851. The van der Waals surface area contributed by atoms with E-state index in [9.17, 15) is 0 Å². The summed E-state index contributed by atoms with van der Waals surface area (Å²) in [5.74, 6) is 0.905. The van der Waals surface area contributed by atoms with E-state index in [1.165, 1.54) is 11.1 Å². The number of hydrogen-bond acceptors (Lipinski definition) is 4. The highest BCUT2D eigenvalue weighted by Gasteiger charge is 2.05. The number of aryl methyl sites for hydroxylation is 1. The molecule has 1 aromatic heterocycles. The molecule has 0 amide bonds. The molecule has 1 N–H and O–H groups in total. The molecule has 0 spiro atoms. The highest BCUT2D eigenvalue weighted by Crippen LogP contribution is 2.21. The summed E-state index contributed by atoms with van der Waals surface area (Å²) >= 11 is 0. The summed E-state index contributed by atoms with van der Waals surface area (Å²) in [5, 5.41) is 6.97. The van der Waals surface area contributed by atoms with Gasteiger partial charge in [0.15, 0.2) is 0 Å². The molecule has 0 unspecified atom stereocenters. The smallest absolute Gasteiger partial charge is 0.130 e. The molecule has 2 rings (SSSR count). The van der Waals surface area contributed by atoms with Crippen molar-refractivity contribution in [3.05, 3.63) is 47.3 Å². The Morgan fingerprint density at radius 3 is 3.00 bits per heavy atom. The van der Waals surface area contributed by atoms with Crippen molar-refractivity contribution in [3.63, 3.8) is 0 Å². The van der Waals surface area contributed by atoms with Crippen molar-refractivity contribution in [2.24, 2.45) is 0 Å². The first kappa shape index (κ1) is 12.6. The van der Waals surface area contributed by atoms with Crippen LogP contribution in [-0.2, 0) is 13.2 Å². The van der Waals surface area contributed by atoms with Gasteiger partial charge in [-0.15, -0.1) is 0 Å². The normalized spacial score (nSPS) is 10.6. The van der Waals surface area contributed by atoms with Gasteiger partial charge >= 0.3 is 0 Å². The van der Waals surface area contributed by atoms with Gasteiger partial charge < -0.3 is 14.6 Å². The van der Waals surface area contributed by atoms with Crippen molar-refractivity contribution in [1.82, 2.24) is 10.5 Å². The van der Waals surface area contributed by atoms with Crippen molar-refractivity contribution < 1.29 is 9.26 Å². The van der Waals surface area contributed by atoms with Crippen molar-refractivity contribution in [2.75, 3.05) is 6.54 Å². The lowest BCUT2D eigenvalue weighted by molar-refractivity contribution is 0.300. The maximum absolute atomic E-state index is 5.79. The highest BCUT2D eigenvalue weighted by atomic mass is 16.5. The lowest BCUT2D eigenvalue weighted by Gasteiger charge is -2.12. The van der Waals surface area contributed by atoms with Gasteiger partial charge in [0, 0.05) is 17.7 Å². The first-order chi connectivity index (χ1) is 8.79. The van der Waals surface area contributed by atoms with Gasteiger partial charge in [0.2, 0.25) is 0 Å². The molecule has 0 atom stereocenters. The molecule has 0 fully saturated rings. The molecule has 18 heavy (non-hydrogen) atoms. The van der Waals surface area contributed by atoms with Gasteiger partial charge in [-0.2, -0.15) is 0 Å². The first-order valence-electron chi connectivity index (χ1n) is 6.11. The zero-order valence-corrected chi connectivity index (χ0v) is 10.8. The Kier molecular flexibility index (Phi) is 4.36. The molecule has 0 saturated heterocycles. The largest absolute Gasteiger partial charge is 0.488 e. The standard InChI is InChI=1S/C14H18N2O2/c1-3-15-8-13-6-11(2)4-5-14(13)17-9-12-7-16-18-10-12/h4-7,10,15H,3,8-9H2,1-2H3. The summed E-state index contributed by atoms with van der Waals surface area (Å²) in [4.78, 5) is 0. The van der Waals surface area contributed by atoms with E-state index in [0.717, 1.165) is 24.4 Å². The van der Waals surface area contributed by atoms with Crippen LogP contribution in [0.5, 0.6) is 5.75 Å². The van der Waals surface area contributed by atoms with Crippen LogP contribution in [0.4, 0.5) is 0 Å². The van der Waals surface area contributed by atoms with Crippen LogP contribution in [-0.4, -0.2) is 11.7 Å². The van der Waals surface area contributed by atoms with E-state index in [0.29, 0.717) is 6.61 Å². The molecule has 4 nitrogen and oxygen atoms in total. The third-order valence-electron chi connectivity index (χ3n) is 2.66. The zero-order valence-electron chi connectivity index (χ0n) is 10.8. The number of rotatable bonds is 6. The van der Waals surface area contributed by atoms with Crippen LogP contribution < -0.4 is 10.1 Å². The number of nitrogens with zero attached hydrogens (tertiary/aromatic N) is 1. The summed E-state index contributed by atoms with van der Waals surface area (Å²) in [6.45, 7) is 6.41. The average molecular weight is 246 g/mol. The van der Waals surface area contributed by atoms with Crippen molar-refractivity contribution in [3.8, 4) is 5.75 Å². The van der Waals surface area contributed by atoms with E-state index in [1.54, 1.807) is 12.5 Å². The Morgan fingerprint density at radius 1 is 1.39 bits per heavy atom. The second-order valence-electron chi connectivity index (χ2n) is 4.21. The fourth-order valence-corrected chi connectivity index (χ4v) is 1.71. The van der Waals surface area contributed by atoms with E-state index >= 15 is 0 Å². The second kappa shape index (κ2) is 6.21. The van der Waals surface area contributed by atoms with Gasteiger partial charge in [0.1, 0.15) is 18.6 Å². The molecule has 1 heterocycles. The third kappa shape index (κ3) is 3.34. The molecule has 0 aliphatic carbocycles. The van der Waals surface area contributed by atoms with E-state index in [1.807, 2.05) is 6.07 Å². The molecule has 0 bridgehead atoms. The fraction of sp³-hybridized carbons (Fsp3) is 0.357. The van der Waals surface area contributed by atoms with Gasteiger partial charge in [0.25, 0.3) is 0 Å². The van der Waals surface area contributed by atoms with Crippen LogP contribution in [0.2, 0.25) is 0 Å². The fourth-order valence-electron chi connectivity index (χ4n) is 1.71. The number of aromatic nitrogens is 1. The third-order valence-corrected chi connectivity index (χ3v) is 2.66. The van der Waals surface area contributed by atoms with Gasteiger partial charge in [0.05, 0.1) is 6.20 Å². The van der Waals surface area contributed by atoms with Crippen molar-refractivity contribution in [1.29, 1.82) is 0 Å². The molecule has 0 radical (unpaired) electrons. The second-order valence-corrected chi connectivity index (χ2v) is 4.21. The van der Waals surface area contributed by atoms with Crippen LogP contribution in [0.3, 0.4) is 0 Å². The Labute approximate surface area is 107 Å². The minimum Gasteiger partial charge on any atom is -0.488 e. The number of hydrogen-bond donors (Lipinski definition) is 1. The van der Waals surface area contributed by atoms with Crippen LogP contribution in [0, 0.1) is 6.92 Å². The van der Waals surface area contributed by atoms with Gasteiger partial charge in [-0.1, -0.05) is 29.8 Å². The molecule has 4 heteroatoms. The highest BCUT2D eigenvalue weighted by molar-refractivity contribution is 5.37. The Morgan fingerprint density at radius 2 is 2.28 bits per heavy atom. The number of ether oxygens (including phenoxy) is 1. The lowest BCUT2D eigenvalue weighted by Crippen LogP contribution is -2.13. The summed E-state index contributed by atoms with van der Waals surface area (Å²) in [7, 11) is 0. The van der Waals surface area contributed by atoms with Crippen LogP contribution >= 0.6 is 0 Å². The SMILES string of the molecule is CCNCc1cc(C)ccc1OCc1cnoc1. The van der Waals surface area contributed by atoms with Crippen LogP contribution in [0.25, 0.3) is 0 Å². The topological polar surface area (TPSA) is 47.3 Å². The van der Waals surface area contributed by atoms with Gasteiger partial charge in [-0.25, -0.2) is 0 Å². The summed E-state index contributed by atoms with van der Waals surface area (Å²) in [6, 6.07) is 6.21. The van der Waals surface area contributed by atoms with E-state index in [4.69, 9.17) is 9.26 Å². The minimum atomic E-state index is 0.478. The molecule has 0 aliphatic rings. The Balaban J connectivity index is 2.05. The predicted octanol–water partition coefficient (Wildman–Crippen LogP) is 2.67. The summed E-state index contributed by atoms with van der Waals surface area (Å²) in [6.07, 6.45) is 3.26. The molecule has 96 valence electrons. The van der Waals surface area contributed by atoms with Crippen molar-refractivity contribution >= 4 is 0 Å². The monoisotopic (exact) mass is 246 g/mol. The number of benzene rings is 1. The Bertz CT molecular complexity index is 481. The molecule has 1 aromatic carbocycles. The summed E-state index contributed by atoms with van der Waals surface area (Å²) < 4.78 is 10.6. The zero-order chi connectivity index (χ0) is 12.8. The first-order valence-corrected chi connectivity index (χ1v) is 6.11. The lowest BCUT2D eigenvalue weighted by atomic mass is 10.1. The van der Waals surface area contributed by atoms with E-state index < -0.39 is 0 Å². The summed E-state index contributed by atoms with van der Waals surface area (Å²) in [5.41, 5.74) is 3.35. The number of nitrogens with one attached hydrogen (secondary N) is 1. The van der Waals surface area contributed by atoms with E-state index in [2.05, 4.69) is 36.5 Å². The van der Waals surface area contributed by atoms with Crippen LogP contribution in [0.1, 0.15) is 23.6 Å². The minimum absolute atomic E-state index is 0.478. The van der Waals surface area contributed by atoms with Gasteiger partial charge in [-0.05, 0) is 19.5 Å². The average Bonchev–Trinajstić information content (AvgIpc) is 2.88. The molecule has 2 aromatic rings. The Hall–Kier alpha value is -1.81. The van der Waals surface area contributed by atoms with E-state index in [-0.39, 0.29) is 0 Å². The molecule has 0 aliphatic heterocycles. The van der Waals surface area contributed by atoms with Gasteiger partial charge in [-0.3, -0.25) is 0 Å². The van der Waals surface area contributed by atoms with Crippen molar-refractivity contribution in [2.45, 2.75) is 27.0 Å². The molecular formula is C14H18N2O2. The predicted molar refractivity (Wildman–Crippen MR) is 69.4 cm³/mol. The molecule has 0 saturated carbocycles. The maximum Gasteiger partial charge on any atom is 0.130 e. The molecular weight excluding hydrogens is 228 g/mol. The maximum atomic E-state index is 5.79. The van der Waals surface area contributed by atoms with Crippen LogP contribution in [0.15, 0.2) is 35.2 Å².